The van der Waals surface area contributed by atoms with E-state index in [0.29, 0.717) is 34.5 Å². The Bertz CT molecular complexity index is 1240. The van der Waals surface area contributed by atoms with Gasteiger partial charge in [-0.25, -0.2) is 0 Å². The molecule has 196 valence electrons. The maximum absolute atomic E-state index is 13.7. The van der Waals surface area contributed by atoms with Crippen molar-refractivity contribution in [1.82, 2.24) is 15.2 Å². The van der Waals surface area contributed by atoms with Gasteiger partial charge in [-0.3, -0.25) is 14.5 Å². The maximum atomic E-state index is 13.7. The van der Waals surface area contributed by atoms with Crippen LogP contribution in [0.4, 0.5) is 5.69 Å². The summed E-state index contributed by atoms with van der Waals surface area (Å²) in [5, 5.41) is 4.55. The number of methoxy groups -OCH3 is 1. The summed E-state index contributed by atoms with van der Waals surface area (Å²) in [5.74, 6) is 0.544. The highest BCUT2D eigenvalue weighted by Crippen LogP contribution is 2.31. The van der Waals surface area contributed by atoms with Gasteiger partial charge in [0.05, 0.1) is 17.8 Å². The van der Waals surface area contributed by atoms with E-state index in [-0.39, 0.29) is 18.4 Å². The first kappa shape index (κ1) is 25.6. The first-order valence-corrected chi connectivity index (χ1v) is 13.6. The molecule has 0 bridgehead atoms. The predicted molar refractivity (Wildman–Crippen MR) is 148 cm³/mol. The number of hydrogen-bond acceptors (Lipinski definition) is 4. The van der Waals surface area contributed by atoms with E-state index in [2.05, 4.69) is 15.2 Å². The molecule has 2 amide bonds. The number of nitrogens with one attached hydrogen (secondary N) is 2. The molecule has 0 radical (unpaired) electrons. The number of anilines is 1. The number of rotatable bonds is 8. The van der Waals surface area contributed by atoms with Crippen LogP contribution < -0.4 is 15.0 Å². The highest BCUT2D eigenvalue weighted by molar-refractivity contribution is 6.35. The van der Waals surface area contributed by atoms with Crippen molar-refractivity contribution in [3.05, 3.63) is 59.2 Å². The molecule has 2 N–H and O–H groups in total. The van der Waals surface area contributed by atoms with Crippen molar-refractivity contribution >= 4 is 40.0 Å². The van der Waals surface area contributed by atoms with Gasteiger partial charge in [0.25, 0.3) is 5.91 Å². The fraction of sp³-hybridized carbons (Fsp3) is 0.448. The van der Waals surface area contributed by atoms with Crippen molar-refractivity contribution in [2.24, 2.45) is 5.92 Å². The number of halogens is 1. The molecule has 2 heterocycles. The van der Waals surface area contributed by atoms with Crippen molar-refractivity contribution in [3.8, 4) is 5.75 Å². The van der Waals surface area contributed by atoms with Gasteiger partial charge >= 0.3 is 0 Å². The van der Waals surface area contributed by atoms with Crippen LogP contribution in [0.25, 0.3) is 10.9 Å². The number of para-hydroxylation sites is 2. The third-order valence-corrected chi connectivity index (χ3v) is 8.19. The molecule has 5 rings (SSSR count). The summed E-state index contributed by atoms with van der Waals surface area (Å²) in [6.45, 7) is 2.77. The van der Waals surface area contributed by atoms with Gasteiger partial charge in [-0.1, -0.05) is 42.6 Å². The largest absolute Gasteiger partial charge is 0.495 e. The molecule has 2 aromatic carbocycles. The molecule has 1 saturated carbocycles. The number of hydrogen-bond donors (Lipinski definition) is 2. The lowest BCUT2D eigenvalue weighted by molar-refractivity contribution is -0.120. The quantitative estimate of drug-likeness (QED) is 0.423. The fourth-order valence-corrected chi connectivity index (χ4v) is 5.97. The van der Waals surface area contributed by atoms with Gasteiger partial charge in [0, 0.05) is 35.2 Å². The zero-order valence-corrected chi connectivity index (χ0v) is 22.1. The Morgan fingerprint density at radius 1 is 1.11 bits per heavy atom. The summed E-state index contributed by atoms with van der Waals surface area (Å²) in [7, 11) is 1.56. The highest BCUT2D eigenvalue weighted by atomic mass is 35.5. The van der Waals surface area contributed by atoms with Crippen LogP contribution in [0, 0.1) is 5.92 Å². The van der Waals surface area contributed by atoms with Crippen LogP contribution in [0.1, 0.15) is 48.9 Å². The van der Waals surface area contributed by atoms with Gasteiger partial charge in [-0.05, 0) is 69.0 Å². The standard InChI is InChI=1S/C29H35ClN4O3/c1-37-27-9-5-4-8-26(27)34(29(36)21-10-11-23-24(30)18-31-25(23)16-21)19-28(35)32-17-20-12-14-33(15-13-20)22-6-2-3-7-22/h4-5,8-11,16,18,20,22,31H,2-3,6-7,12-15,17,19H2,1H3,(H,32,35). The number of ether oxygens (including phenoxy) is 1. The van der Waals surface area contributed by atoms with E-state index in [1.807, 2.05) is 18.2 Å². The molecule has 0 atom stereocenters. The molecule has 0 spiro atoms. The van der Waals surface area contributed by atoms with E-state index in [0.717, 1.165) is 42.9 Å². The van der Waals surface area contributed by atoms with Gasteiger partial charge in [0.2, 0.25) is 5.91 Å². The summed E-state index contributed by atoms with van der Waals surface area (Å²) in [4.78, 5) is 34.0. The van der Waals surface area contributed by atoms with Crippen molar-refractivity contribution < 1.29 is 14.3 Å². The number of carbonyl (C=O) groups is 2. The molecule has 1 aromatic heterocycles. The number of carbonyl (C=O) groups excluding carboxylic acids is 2. The SMILES string of the molecule is COc1ccccc1N(CC(=O)NCC1CCN(C2CCCC2)CC1)C(=O)c1ccc2c(Cl)c[nH]c2c1. The van der Waals surface area contributed by atoms with E-state index in [1.54, 1.807) is 37.6 Å². The zero-order chi connectivity index (χ0) is 25.8. The smallest absolute Gasteiger partial charge is 0.258 e. The number of amides is 2. The normalized spacial score (nSPS) is 17.2. The Hall–Kier alpha value is -3.03. The van der Waals surface area contributed by atoms with Gasteiger partial charge in [-0.15, -0.1) is 0 Å². The molecule has 8 heteroatoms. The number of fused-ring (bicyclic) bond motifs is 1. The fourth-order valence-electron chi connectivity index (χ4n) is 5.75. The second-order valence-electron chi connectivity index (χ2n) is 10.2. The van der Waals surface area contributed by atoms with E-state index >= 15 is 0 Å². The lowest BCUT2D eigenvalue weighted by atomic mass is 9.95. The number of likely N-dealkylation sites (tertiary alicyclic amines) is 1. The van der Waals surface area contributed by atoms with Crippen LogP contribution in [0.3, 0.4) is 0 Å². The Balaban J connectivity index is 1.26. The molecule has 37 heavy (non-hydrogen) atoms. The predicted octanol–water partition coefficient (Wildman–Crippen LogP) is 5.25. The molecule has 2 fully saturated rings. The minimum atomic E-state index is -0.280. The van der Waals surface area contributed by atoms with Crippen molar-refractivity contribution in [2.45, 2.75) is 44.6 Å². The van der Waals surface area contributed by atoms with Crippen molar-refractivity contribution in [2.75, 3.05) is 38.2 Å². The van der Waals surface area contributed by atoms with Crippen molar-refractivity contribution in [1.29, 1.82) is 0 Å². The van der Waals surface area contributed by atoms with Gasteiger partial charge < -0.3 is 19.9 Å². The second kappa shape index (κ2) is 11.6. The van der Waals surface area contributed by atoms with Crippen LogP contribution in [-0.4, -0.2) is 61.0 Å². The second-order valence-corrected chi connectivity index (χ2v) is 10.6. The summed E-state index contributed by atoms with van der Waals surface area (Å²) in [6.07, 6.45) is 9.28. The topological polar surface area (TPSA) is 77.7 Å². The van der Waals surface area contributed by atoms with Crippen LogP contribution in [0.5, 0.6) is 5.75 Å². The van der Waals surface area contributed by atoms with E-state index in [9.17, 15) is 9.59 Å². The molecule has 7 nitrogen and oxygen atoms in total. The minimum absolute atomic E-state index is 0.0936. The number of H-pyrrole nitrogens is 1. The Morgan fingerprint density at radius 2 is 1.86 bits per heavy atom. The molecule has 0 unspecified atom stereocenters. The first-order chi connectivity index (χ1) is 18.0. The monoisotopic (exact) mass is 522 g/mol. The molecular formula is C29H35ClN4O3. The third-order valence-electron chi connectivity index (χ3n) is 7.88. The van der Waals surface area contributed by atoms with Crippen LogP contribution in [-0.2, 0) is 4.79 Å². The molecule has 1 saturated heterocycles. The third kappa shape index (κ3) is 5.78. The first-order valence-electron chi connectivity index (χ1n) is 13.3. The number of nitrogens with zero attached hydrogens (tertiary/aromatic N) is 2. The van der Waals surface area contributed by atoms with Crippen LogP contribution in [0.2, 0.25) is 5.02 Å². The lowest BCUT2D eigenvalue weighted by Gasteiger charge is -2.36. The van der Waals surface area contributed by atoms with E-state index < -0.39 is 0 Å². The Labute approximate surface area is 223 Å². The zero-order valence-electron chi connectivity index (χ0n) is 21.3. The molecule has 1 aliphatic carbocycles. The number of aromatic amines is 1. The number of benzene rings is 2. The number of piperidine rings is 1. The van der Waals surface area contributed by atoms with Gasteiger partial charge in [0.1, 0.15) is 12.3 Å². The Kier molecular flexibility index (Phi) is 8.01. The van der Waals surface area contributed by atoms with Gasteiger partial charge in [-0.2, -0.15) is 0 Å². The average Bonchev–Trinajstić information content (AvgIpc) is 3.61. The maximum Gasteiger partial charge on any atom is 0.258 e. The number of aromatic nitrogens is 1. The minimum Gasteiger partial charge on any atom is -0.495 e. The van der Waals surface area contributed by atoms with Gasteiger partial charge in [0.15, 0.2) is 0 Å². The molecular weight excluding hydrogens is 488 g/mol. The van der Waals surface area contributed by atoms with E-state index in [4.69, 9.17) is 16.3 Å². The summed E-state index contributed by atoms with van der Waals surface area (Å²) < 4.78 is 5.52. The summed E-state index contributed by atoms with van der Waals surface area (Å²) in [6, 6.07) is 13.4. The lowest BCUT2D eigenvalue weighted by Crippen LogP contribution is -2.45. The molecule has 1 aliphatic heterocycles. The molecule has 2 aliphatic rings. The Morgan fingerprint density at radius 3 is 2.62 bits per heavy atom. The molecule has 3 aromatic rings. The average molecular weight is 523 g/mol. The van der Waals surface area contributed by atoms with E-state index in [1.165, 1.54) is 30.6 Å². The van der Waals surface area contributed by atoms with Crippen molar-refractivity contribution in [3.63, 3.8) is 0 Å². The summed E-state index contributed by atoms with van der Waals surface area (Å²) >= 11 is 6.21. The summed E-state index contributed by atoms with van der Waals surface area (Å²) in [5.41, 5.74) is 1.79. The highest BCUT2D eigenvalue weighted by Gasteiger charge is 2.28. The van der Waals surface area contributed by atoms with Crippen LogP contribution >= 0.6 is 11.6 Å². The van der Waals surface area contributed by atoms with Crippen LogP contribution in [0.15, 0.2) is 48.7 Å².